The van der Waals surface area contributed by atoms with E-state index in [-0.39, 0.29) is 5.41 Å². The summed E-state index contributed by atoms with van der Waals surface area (Å²) in [5.41, 5.74) is 6.38. The maximum Gasteiger partial charge on any atom is 0.0627 e. The lowest BCUT2D eigenvalue weighted by molar-refractivity contribution is 0.587. The first-order valence-electron chi connectivity index (χ1n) is 5.37. The number of nitrogens with two attached hydrogens (primary N) is 1. The lowest BCUT2D eigenvalue weighted by atomic mass is 10.1. The Bertz CT molecular complexity index is 506. The third-order valence-corrected chi connectivity index (χ3v) is 5.30. The van der Waals surface area contributed by atoms with Gasteiger partial charge in [-0.05, 0) is 36.5 Å². The van der Waals surface area contributed by atoms with E-state index in [0.29, 0.717) is 22.8 Å². The monoisotopic (exact) mass is 312 g/mol. The molecule has 0 spiro atoms. The summed E-state index contributed by atoms with van der Waals surface area (Å²) in [7, 11) is -1.11. The van der Waals surface area contributed by atoms with Crippen LogP contribution in [0.5, 0.6) is 0 Å². The molecule has 1 aromatic carbocycles. The third-order valence-electron chi connectivity index (χ3n) is 3.07. The van der Waals surface area contributed by atoms with Crippen molar-refractivity contribution in [2.75, 3.05) is 11.5 Å². The molecule has 1 aromatic rings. The van der Waals surface area contributed by atoms with E-state index in [1.165, 1.54) is 0 Å². The summed E-state index contributed by atoms with van der Waals surface area (Å²) >= 11 is 3.32. The summed E-state index contributed by atoms with van der Waals surface area (Å²) < 4.78 is 13.1. The predicted molar refractivity (Wildman–Crippen MR) is 71.7 cm³/mol. The molecular weight excluding hydrogens is 300 g/mol. The van der Waals surface area contributed by atoms with Crippen molar-refractivity contribution >= 4 is 32.4 Å². The Labute approximate surface area is 112 Å². The predicted octanol–water partition coefficient (Wildman–Crippen LogP) is 2.83. The topological polar surface area (TPSA) is 66.9 Å². The number of rotatable bonds is 4. The van der Waals surface area contributed by atoms with Crippen LogP contribution in [0.4, 0.5) is 5.69 Å². The summed E-state index contributed by atoms with van der Waals surface area (Å²) in [6.07, 6.45) is 2.50. The molecule has 2 rings (SSSR count). The van der Waals surface area contributed by atoms with Crippen molar-refractivity contribution in [1.29, 1.82) is 5.26 Å². The molecule has 1 aliphatic rings. The molecular formula is C12H13BrN2OS. The van der Waals surface area contributed by atoms with Crippen LogP contribution in [0.1, 0.15) is 19.3 Å². The van der Waals surface area contributed by atoms with Crippen molar-refractivity contribution in [3.8, 4) is 6.07 Å². The van der Waals surface area contributed by atoms with Crippen LogP contribution in [0, 0.1) is 16.7 Å². The van der Waals surface area contributed by atoms with Gasteiger partial charge in [0.05, 0.1) is 21.8 Å². The number of nitriles is 1. The van der Waals surface area contributed by atoms with Gasteiger partial charge in [0.15, 0.2) is 0 Å². The van der Waals surface area contributed by atoms with Crippen molar-refractivity contribution in [1.82, 2.24) is 0 Å². The summed E-state index contributed by atoms with van der Waals surface area (Å²) in [4.78, 5) is 0.678. The van der Waals surface area contributed by atoms with E-state index in [0.717, 1.165) is 17.3 Å². The first-order chi connectivity index (χ1) is 8.06. The molecule has 0 heterocycles. The fourth-order valence-electron chi connectivity index (χ4n) is 1.80. The van der Waals surface area contributed by atoms with Crippen LogP contribution < -0.4 is 5.73 Å². The minimum atomic E-state index is -1.11. The number of nitrogens with zero attached hydrogens (tertiary/aromatic N) is 1. The zero-order valence-corrected chi connectivity index (χ0v) is 11.7. The minimum Gasteiger partial charge on any atom is -0.398 e. The zero-order valence-electron chi connectivity index (χ0n) is 9.28. The Morgan fingerprint density at radius 2 is 2.24 bits per heavy atom. The lowest BCUT2D eigenvalue weighted by Crippen LogP contribution is -2.13. The molecule has 0 amide bonds. The quantitative estimate of drug-likeness (QED) is 0.869. The number of anilines is 1. The Balaban J connectivity index is 2.13. The SMILES string of the molecule is N#CCC1(CS(=O)c2ccc(Br)cc2N)CC1. The molecule has 5 heteroatoms. The van der Waals surface area contributed by atoms with Crippen molar-refractivity contribution in [3.05, 3.63) is 22.7 Å². The highest BCUT2D eigenvalue weighted by Gasteiger charge is 2.44. The van der Waals surface area contributed by atoms with E-state index in [1.807, 2.05) is 6.07 Å². The molecule has 2 N–H and O–H groups in total. The van der Waals surface area contributed by atoms with E-state index in [9.17, 15) is 4.21 Å². The van der Waals surface area contributed by atoms with Gasteiger partial charge in [-0.3, -0.25) is 4.21 Å². The highest BCUT2D eigenvalue weighted by molar-refractivity contribution is 9.10. The second-order valence-corrected chi connectivity index (χ2v) is 6.84. The molecule has 90 valence electrons. The fourth-order valence-corrected chi connectivity index (χ4v) is 3.82. The Kier molecular flexibility index (Phi) is 3.55. The Morgan fingerprint density at radius 3 is 2.76 bits per heavy atom. The maximum atomic E-state index is 12.2. The van der Waals surface area contributed by atoms with Crippen LogP contribution in [0.2, 0.25) is 0 Å². The lowest BCUT2D eigenvalue weighted by Gasteiger charge is -2.11. The number of benzene rings is 1. The molecule has 17 heavy (non-hydrogen) atoms. The molecule has 0 radical (unpaired) electrons. The molecule has 3 nitrogen and oxygen atoms in total. The van der Waals surface area contributed by atoms with Gasteiger partial charge in [0.25, 0.3) is 0 Å². The molecule has 1 atom stereocenters. The normalized spacial score (nSPS) is 18.4. The molecule has 0 aliphatic heterocycles. The van der Waals surface area contributed by atoms with Crippen LogP contribution in [0.3, 0.4) is 0 Å². The summed E-state index contributed by atoms with van der Waals surface area (Å²) in [6.45, 7) is 0. The first kappa shape index (κ1) is 12.6. The average molecular weight is 313 g/mol. The minimum absolute atomic E-state index is 0.0148. The highest BCUT2D eigenvalue weighted by Crippen LogP contribution is 2.49. The van der Waals surface area contributed by atoms with Crippen molar-refractivity contribution in [2.45, 2.75) is 24.2 Å². The summed E-state index contributed by atoms with van der Waals surface area (Å²) in [5.74, 6) is 0.548. The van der Waals surface area contributed by atoms with Gasteiger partial charge >= 0.3 is 0 Å². The van der Waals surface area contributed by atoms with Crippen LogP contribution in [0.25, 0.3) is 0 Å². The number of nitrogen functional groups attached to an aromatic ring is 1. The molecule has 0 aromatic heterocycles. The number of hydrogen-bond donors (Lipinski definition) is 1. The zero-order chi connectivity index (χ0) is 12.5. The van der Waals surface area contributed by atoms with Gasteiger partial charge in [-0.25, -0.2) is 0 Å². The van der Waals surface area contributed by atoms with Crippen LogP contribution in [-0.4, -0.2) is 9.96 Å². The standard InChI is InChI=1S/C12H13BrN2OS/c13-9-1-2-11(10(15)7-9)17(16)8-12(3-4-12)5-6-14/h1-2,7H,3-5,8,15H2. The highest BCUT2D eigenvalue weighted by atomic mass is 79.9. The van der Waals surface area contributed by atoms with E-state index in [2.05, 4.69) is 22.0 Å². The number of hydrogen-bond acceptors (Lipinski definition) is 3. The third kappa shape index (κ3) is 2.88. The largest absolute Gasteiger partial charge is 0.398 e. The van der Waals surface area contributed by atoms with E-state index in [4.69, 9.17) is 11.0 Å². The molecule has 0 saturated heterocycles. The smallest absolute Gasteiger partial charge is 0.0627 e. The molecule has 1 unspecified atom stereocenters. The van der Waals surface area contributed by atoms with Crippen molar-refractivity contribution < 1.29 is 4.21 Å². The van der Waals surface area contributed by atoms with Gasteiger partial charge in [-0.2, -0.15) is 5.26 Å². The second kappa shape index (κ2) is 4.79. The summed E-state index contributed by atoms with van der Waals surface area (Å²) in [5, 5.41) is 8.74. The summed E-state index contributed by atoms with van der Waals surface area (Å²) in [6, 6.07) is 7.57. The second-order valence-electron chi connectivity index (χ2n) is 4.51. The molecule has 1 fully saturated rings. The van der Waals surface area contributed by atoms with E-state index in [1.54, 1.807) is 12.1 Å². The Hall–Kier alpha value is -0.860. The Morgan fingerprint density at radius 1 is 1.53 bits per heavy atom. The number of halogens is 1. The van der Waals surface area contributed by atoms with Gasteiger partial charge in [0, 0.05) is 22.3 Å². The molecule has 1 saturated carbocycles. The van der Waals surface area contributed by atoms with Gasteiger partial charge in [0.2, 0.25) is 0 Å². The van der Waals surface area contributed by atoms with Crippen molar-refractivity contribution in [2.24, 2.45) is 5.41 Å². The van der Waals surface area contributed by atoms with Gasteiger partial charge < -0.3 is 5.73 Å². The first-order valence-corrected chi connectivity index (χ1v) is 7.48. The van der Waals surface area contributed by atoms with Gasteiger partial charge in [-0.1, -0.05) is 15.9 Å². The van der Waals surface area contributed by atoms with Crippen molar-refractivity contribution in [3.63, 3.8) is 0 Å². The van der Waals surface area contributed by atoms with E-state index < -0.39 is 10.8 Å². The van der Waals surface area contributed by atoms with E-state index >= 15 is 0 Å². The average Bonchev–Trinajstić information content (AvgIpc) is 2.97. The van der Waals surface area contributed by atoms with Crippen LogP contribution in [0.15, 0.2) is 27.6 Å². The maximum absolute atomic E-state index is 12.2. The molecule has 0 bridgehead atoms. The van der Waals surface area contributed by atoms with Gasteiger partial charge in [-0.15, -0.1) is 0 Å². The van der Waals surface area contributed by atoms with Gasteiger partial charge in [0.1, 0.15) is 0 Å². The fraction of sp³-hybridized carbons (Fsp3) is 0.417. The molecule has 1 aliphatic carbocycles. The van der Waals surface area contributed by atoms with Crippen LogP contribution >= 0.6 is 15.9 Å². The van der Waals surface area contributed by atoms with Crippen LogP contribution in [-0.2, 0) is 10.8 Å².